The first-order chi connectivity index (χ1) is 10.8. The quantitative estimate of drug-likeness (QED) is 0.696. The van der Waals surface area contributed by atoms with E-state index in [-0.39, 0.29) is 5.91 Å². The Kier molecular flexibility index (Phi) is 5.08. The van der Waals surface area contributed by atoms with E-state index in [1.807, 2.05) is 36.0 Å². The molecule has 1 amide bonds. The van der Waals surface area contributed by atoms with E-state index < -0.39 is 0 Å². The van der Waals surface area contributed by atoms with Crippen molar-refractivity contribution in [2.45, 2.75) is 0 Å². The maximum atomic E-state index is 11.9. The summed E-state index contributed by atoms with van der Waals surface area (Å²) in [6.45, 7) is 2.38. The van der Waals surface area contributed by atoms with Gasteiger partial charge in [-0.05, 0) is 10.8 Å². The van der Waals surface area contributed by atoms with Crippen molar-refractivity contribution in [2.24, 2.45) is 5.10 Å². The molecule has 0 spiro atoms. The van der Waals surface area contributed by atoms with Gasteiger partial charge in [0, 0.05) is 30.2 Å². The van der Waals surface area contributed by atoms with E-state index in [4.69, 9.17) is 0 Å². The zero-order valence-electron chi connectivity index (χ0n) is 12.4. The standard InChI is InChI=1S/C17H19N3OS/c21-17(13-20-8-10-22-11-9-20)19-18-12-15-6-3-5-14-4-1-2-7-16(14)15/h1-7,12H,8-11,13H2,(H,19,21). The number of hydrogen-bond acceptors (Lipinski definition) is 4. The fourth-order valence-corrected chi connectivity index (χ4v) is 3.51. The molecule has 1 N–H and O–H groups in total. The lowest BCUT2D eigenvalue weighted by molar-refractivity contribution is -0.122. The van der Waals surface area contributed by atoms with Gasteiger partial charge < -0.3 is 0 Å². The SMILES string of the molecule is O=C(CN1CCSCC1)NN=Cc1cccc2ccccc12. The van der Waals surface area contributed by atoms with E-state index in [2.05, 4.69) is 33.6 Å². The number of nitrogens with one attached hydrogen (secondary N) is 1. The molecule has 1 aliphatic rings. The topological polar surface area (TPSA) is 44.7 Å². The average molecular weight is 313 g/mol. The van der Waals surface area contributed by atoms with E-state index in [0.717, 1.165) is 35.5 Å². The van der Waals surface area contributed by atoms with Crippen molar-refractivity contribution in [3.8, 4) is 0 Å². The largest absolute Gasteiger partial charge is 0.293 e. The monoisotopic (exact) mass is 313 g/mol. The second-order valence-electron chi connectivity index (χ2n) is 5.25. The van der Waals surface area contributed by atoms with Gasteiger partial charge in [0.25, 0.3) is 5.91 Å². The van der Waals surface area contributed by atoms with E-state index in [9.17, 15) is 4.79 Å². The highest BCUT2D eigenvalue weighted by atomic mass is 32.2. The van der Waals surface area contributed by atoms with Crippen molar-refractivity contribution in [2.75, 3.05) is 31.1 Å². The summed E-state index contributed by atoms with van der Waals surface area (Å²) in [6.07, 6.45) is 1.71. The molecule has 1 saturated heterocycles. The summed E-state index contributed by atoms with van der Waals surface area (Å²) < 4.78 is 0. The molecule has 0 aliphatic carbocycles. The lowest BCUT2D eigenvalue weighted by atomic mass is 10.1. The molecule has 1 aliphatic heterocycles. The van der Waals surface area contributed by atoms with Gasteiger partial charge in [-0.15, -0.1) is 0 Å². The minimum Gasteiger partial charge on any atom is -0.293 e. The van der Waals surface area contributed by atoms with Crippen molar-refractivity contribution in [1.82, 2.24) is 10.3 Å². The highest BCUT2D eigenvalue weighted by Gasteiger charge is 2.13. The van der Waals surface area contributed by atoms with Crippen LogP contribution in [0, 0.1) is 0 Å². The Morgan fingerprint density at radius 3 is 2.82 bits per heavy atom. The Labute approximate surface area is 134 Å². The number of amides is 1. The number of hydrazone groups is 1. The molecule has 0 saturated carbocycles. The minimum absolute atomic E-state index is 0.0524. The first-order valence-corrected chi connectivity index (χ1v) is 8.58. The molecule has 0 bridgehead atoms. The van der Waals surface area contributed by atoms with Crippen LogP contribution in [0.2, 0.25) is 0 Å². The van der Waals surface area contributed by atoms with Crippen LogP contribution >= 0.6 is 11.8 Å². The van der Waals surface area contributed by atoms with Gasteiger partial charge in [-0.3, -0.25) is 9.69 Å². The summed E-state index contributed by atoms with van der Waals surface area (Å²) in [7, 11) is 0. The van der Waals surface area contributed by atoms with Crippen LogP contribution < -0.4 is 5.43 Å². The molecule has 0 atom stereocenters. The fraction of sp³-hybridized carbons (Fsp3) is 0.294. The van der Waals surface area contributed by atoms with Crippen molar-refractivity contribution in [3.05, 3.63) is 48.0 Å². The number of fused-ring (bicyclic) bond motifs is 1. The van der Waals surface area contributed by atoms with Gasteiger partial charge in [0.1, 0.15) is 0 Å². The molecule has 22 heavy (non-hydrogen) atoms. The first-order valence-electron chi connectivity index (χ1n) is 7.43. The van der Waals surface area contributed by atoms with Crippen LogP contribution in [0.1, 0.15) is 5.56 Å². The Morgan fingerprint density at radius 2 is 1.95 bits per heavy atom. The lowest BCUT2D eigenvalue weighted by Crippen LogP contribution is -2.40. The van der Waals surface area contributed by atoms with Gasteiger partial charge >= 0.3 is 0 Å². The molecule has 0 aromatic heterocycles. The van der Waals surface area contributed by atoms with Gasteiger partial charge in [-0.25, -0.2) is 5.43 Å². The third-order valence-electron chi connectivity index (χ3n) is 3.69. The zero-order chi connectivity index (χ0) is 15.2. The third kappa shape index (κ3) is 3.87. The van der Waals surface area contributed by atoms with Gasteiger partial charge in [0.2, 0.25) is 0 Å². The summed E-state index contributed by atoms with van der Waals surface area (Å²) in [5.41, 5.74) is 3.63. The molecular formula is C17H19N3OS. The minimum atomic E-state index is -0.0524. The summed E-state index contributed by atoms with van der Waals surface area (Å²) in [6, 6.07) is 14.2. The molecular weight excluding hydrogens is 294 g/mol. The molecule has 1 fully saturated rings. The van der Waals surface area contributed by atoms with Crippen molar-refractivity contribution < 1.29 is 4.79 Å². The first kappa shape index (κ1) is 15.1. The van der Waals surface area contributed by atoms with Crippen LogP contribution in [-0.2, 0) is 4.79 Å². The Balaban J connectivity index is 1.60. The van der Waals surface area contributed by atoms with Crippen LogP contribution in [0.25, 0.3) is 10.8 Å². The Hall–Kier alpha value is -1.85. The van der Waals surface area contributed by atoms with Gasteiger partial charge in [0.05, 0.1) is 12.8 Å². The van der Waals surface area contributed by atoms with E-state index in [0.29, 0.717) is 6.54 Å². The number of nitrogens with zero attached hydrogens (tertiary/aromatic N) is 2. The molecule has 0 unspecified atom stereocenters. The van der Waals surface area contributed by atoms with Gasteiger partial charge in [-0.2, -0.15) is 16.9 Å². The van der Waals surface area contributed by atoms with Crippen molar-refractivity contribution in [3.63, 3.8) is 0 Å². The normalized spacial score (nSPS) is 16.2. The third-order valence-corrected chi connectivity index (χ3v) is 4.63. The van der Waals surface area contributed by atoms with Gasteiger partial charge in [-0.1, -0.05) is 42.5 Å². The number of carbonyl (C=O) groups excluding carboxylic acids is 1. The molecule has 114 valence electrons. The van der Waals surface area contributed by atoms with Crippen LogP contribution in [0.3, 0.4) is 0 Å². The number of hydrogen-bond donors (Lipinski definition) is 1. The molecule has 2 aromatic carbocycles. The molecule has 5 heteroatoms. The summed E-state index contributed by atoms with van der Waals surface area (Å²) in [5.74, 6) is 2.16. The predicted molar refractivity (Wildman–Crippen MR) is 93.4 cm³/mol. The predicted octanol–water partition coefficient (Wildman–Crippen LogP) is 2.34. The number of rotatable bonds is 4. The lowest BCUT2D eigenvalue weighted by Gasteiger charge is -2.24. The summed E-state index contributed by atoms with van der Waals surface area (Å²) in [4.78, 5) is 14.1. The van der Waals surface area contributed by atoms with Crippen molar-refractivity contribution >= 4 is 34.7 Å². The number of thioether (sulfide) groups is 1. The van der Waals surface area contributed by atoms with Crippen LogP contribution in [0.5, 0.6) is 0 Å². The summed E-state index contributed by atoms with van der Waals surface area (Å²) in [5, 5.41) is 6.41. The Morgan fingerprint density at radius 1 is 1.18 bits per heavy atom. The molecule has 3 rings (SSSR count). The number of carbonyl (C=O) groups is 1. The van der Waals surface area contributed by atoms with E-state index >= 15 is 0 Å². The molecule has 0 radical (unpaired) electrons. The average Bonchev–Trinajstić information content (AvgIpc) is 2.56. The molecule has 4 nitrogen and oxygen atoms in total. The van der Waals surface area contributed by atoms with E-state index in [1.54, 1.807) is 6.21 Å². The second-order valence-corrected chi connectivity index (χ2v) is 6.47. The van der Waals surface area contributed by atoms with Crippen molar-refractivity contribution in [1.29, 1.82) is 0 Å². The van der Waals surface area contributed by atoms with Gasteiger partial charge in [0.15, 0.2) is 0 Å². The fourth-order valence-electron chi connectivity index (χ4n) is 2.53. The Bertz CT molecular complexity index is 675. The highest BCUT2D eigenvalue weighted by molar-refractivity contribution is 7.99. The summed E-state index contributed by atoms with van der Waals surface area (Å²) >= 11 is 1.94. The number of benzene rings is 2. The molecule has 2 aromatic rings. The van der Waals surface area contributed by atoms with Crippen LogP contribution in [0.4, 0.5) is 0 Å². The van der Waals surface area contributed by atoms with Crippen LogP contribution in [-0.4, -0.2) is 48.2 Å². The van der Waals surface area contributed by atoms with E-state index in [1.165, 1.54) is 5.39 Å². The second kappa shape index (κ2) is 7.42. The molecule has 1 heterocycles. The zero-order valence-corrected chi connectivity index (χ0v) is 13.2. The smallest absolute Gasteiger partial charge is 0.254 e. The maximum absolute atomic E-state index is 11.9. The maximum Gasteiger partial charge on any atom is 0.254 e. The van der Waals surface area contributed by atoms with Crippen LogP contribution in [0.15, 0.2) is 47.6 Å². The highest BCUT2D eigenvalue weighted by Crippen LogP contribution is 2.16.